The van der Waals surface area contributed by atoms with Crippen LogP contribution in [-0.2, 0) is 11.0 Å². The lowest BCUT2D eigenvalue weighted by Crippen LogP contribution is -2.39. The summed E-state index contributed by atoms with van der Waals surface area (Å²) in [5, 5.41) is 5.76. The second-order valence-electron chi connectivity index (χ2n) is 5.92. The number of para-hydroxylation sites is 2. The highest BCUT2D eigenvalue weighted by atomic mass is 19.4. The maximum atomic E-state index is 12.8. The average Bonchev–Trinajstić information content (AvgIpc) is 2.61. The number of hydrogen-bond acceptors (Lipinski definition) is 3. The van der Waals surface area contributed by atoms with Crippen LogP contribution in [0.1, 0.15) is 31.0 Å². The number of anilines is 1. The Hall–Kier alpha value is -2.54. The van der Waals surface area contributed by atoms with E-state index in [1.165, 1.54) is 13.2 Å². The minimum atomic E-state index is -4.40. The second-order valence-corrected chi connectivity index (χ2v) is 5.92. The van der Waals surface area contributed by atoms with Crippen molar-refractivity contribution in [3.63, 3.8) is 0 Å². The smallest absolute Gasteiger partial charge is 0.416 e. The standard InChI is InChI=1S/C19H21F3N2O2/c1-12(14-7-6-8-15(11-14)19(20,21)22)23-13(2)18(25)24-16-9-4-5-10-17(16)26-3/h4-13,23H,1-3H3,(H,24,25)/t12-,13+/m0/s1. The number of carbonyl (C=O) groups is 1. The Labute approximate surface area is 150 Å². The van der Waals surface area contributed by atoms with Gasteiger partial charge in [-0.3, -0.25) is 10.1 Å². The minimum Gasteiger partial charge on any atom is -0.495 e. The van der Waals surface area contributed by atoms with Crippen LogP contribution < -0.4 is 15.4 Å². The highest BCUT2D eigenvalue weighted by Crippen LogP contribution is 2.30. The Morgan fingerprint density at radius 3 is 2.42 bits per heavy atom. The Morgan fingerprint density at radius 2 is 1.77 bits per heavy atom. The molecule has 2 aromatic rings. The largest absolute Gasteiger partial charge is 0.495 e. The molecule has 0 saturated carbocycles. The van der Waals surface area contributed by atoms with Gasteiger partial charge in [-0.1, -0.05) is 24.3 Å². The number of ether oxygens (including phenoxy) is 1. The zero-order valence-electron chi connectivity index (χ0n) is 14.7. The van der Waals surface area contributed by atoms with Crippen molar-refractivity contribution < 1.29 is 22.7 Å². The molecule has 0 aliphatic rings. The van der Waals surface area contributed by atoms with Gasteiger partial charge in [0.2, 0.25) is 5.91 Å². The molecule has 0 aliphatic heterocycles. The third-order valence-corrected chi connectivity index (χ3v) is 3.97. The monoisotopic (exact) mass is 366 g/mol. The lowest BCUT2D eigenvalue weighted by molar-refractivity contribution is -0.137. The molecular weight excluding hydrogens is 345 g/mol. The van der Waals surface area contributed by atoms with E-state index >= 15 is 0 Å². The van der Waals surface area contributed by atoms with Crippen LogP contribution in [0.4, 0.5) is 18.9 Å². The second kappa shape index (κ2) is 8.23. The van der Waals surface area contributed by atoms with Gasteiger partial charge in [0.05, 0.1) is 24.4 Å². The van der Waals surface area contributed by atoms with Gasteiger partial charge in [-0.25, -0.2) is 0 Å². The van der Waals surface area contributed by atoms with Gasteiger partial charge >= 0.3 is 6.18 Å². The molecule has 7 heteroatoms. The van der Waals surface area contributed by atoms with Crippen molar-refractivity contribution in [2.75, 3.05) is 12.4 Å². The maximum absolute atomic E-state index is 12.8. The number of benzene rings is 2. The molecule has 0 aromatic heterocycles. The first kappa shape index (κ1) is 19.8. The summed E-state index contributed by atoms with van der Waals surface area (Å²) in [6, 6.07) is 11.0. The van der Waals surface area contributed by atoms with E-state index in [9.17, 15) is 18.0 Å². The average molecular weight is 366 g/mol. The summed E-state index contributed by atoms with van der Waals surface area (Å²) in [6.45, 7) is 3.36. The number of alkyl halides is 3. The number of amides is 1. The Bertz CT molecular complexity index is 762. The molecule has 1 amide bonds. The first-order valence-electron chi connectivity index (χ1n) is 8.09. The van der Waals surface area contributed by atoms with Crippen molar-refractivity contribution in [2.24, 2.45) is 0 Å². The van der Waals surface area contributed by atoms with Gasteiger partial charge in [-0.2, -0.15) is 13.2 Å². The third-order valence-electron chi connectivity index (χ3n) is 3.97. The Kier molecular flexibility index (Phi) is 6.26. The third kappa shape index (κ3) is 4.98. The van der Waals surface area contributed by atoms with Crippen molar-refractivity contribution in [2.45, 2.75) is 32.1 Å². The molecule has 2 N–H and O–H groups in total. The topological polar surface area (TPSA) is 50.4 Å². The molecule has 2 atom stereocenters. The first-order valence-corrected chi connectivity index (χ1v) is 8.09. The minimum absolute atomic E-state index is 0.312. The van der Waals surface area contributed by atoms with Crippen LogP contribution in [0.3, 0.4) is 0 Å². The molecule has 0 radical (unpaired) electrons. The van der Waals surface area contributed by atoms with Crippen LogP contribution >= 0.6 is 0 Å². The van der Waals surface area contributed by atoms with Crippen LogP contribution in [0.25, 0.3) is 0 Å². The maximum Gasteiger partial charge on any atom is 0.416 e. The van der Waals surface area contributed by atoms with E-state index in [0.717, 1.165) is 12.1 Å². The molecule has 140 valence electrons. The number of nitrogens with one attached hydrogen (secondary N) is 2. The highest BCUT2D eigenvalue weighted by molar-refractivity contribution is 5.95. The lowest BCUT2D eigenvalue weighted by atomic mass is 10.0. The van der Waals surface area contributed by atoms with E-state index in [2.05, 4.69) is 10.6 Å². The van der Waals surface area contributed by atoms with E-state index in [1.807, 2.05) is 0 Å². The fraction of sp³-hybridized carbons (Fsp3) is 0.316. The van der Waals surface area contributed by atoms with Gasteiger partial charge in [0.15, 0.2) is 0 Å². The van der Waals surface area contributed by atoms with Crippen LogP contribution in [0.2, 0.25) is 0 Å². The molecule has 0 aliphatic carbocycles. The zero-order chi connectivity index (χ0) is 19.3. The molecule has 2 rings (SSSR count). The summed E-state index contributed by atoms with van der Waals surface area (Å²) >= 11 is 0. The van der Waals surface area contributed by atoms with Crippen molar-refractivity contribution in [3.8, 4) is 5.75 Å². The quantitative estimate of drug-likeness (QED) is 0.797. The number of carbonyl (C=O) groups excluding carboxylic acids is 1. The van der Waals surface area contributed by atoms with E-state index < -0.39 is 23.8 Å². The predicted molar refractivity (Wildman–Crippen MR) is 94.1 cm³/mol. The predicted octanol–water partition coefficient (Wildman–Crippen LogP) is 4.39. The summed E-state index contributed by atoms with van der Waals surface area (Å²) in [5.74, 6) is 0.215. The molecule has 0 bridgehead atoms. The van der Waals surface area contributed by atoms with E-state index in [4.69, 9.17) is 4.74 Å². The van der Waals surface area contributed by atoms with Crippen LogP contribution in [0.5, 0.6) is 5.75 Å². The van der Waals surface area contributed by atoms with Gasteiger partial charge in [0.1, 0.15) is 5.75 Å². The Balaban J connectivity index is 2.04. The molecule has 0 unspecified atom stereocenters. The Morgan fingerprint density at radius 1 is 1.08 bits per heavy atom. The molecule has 26 heavy (non-hydrogen) atoms. The molecule has 0 spiro atoms. The van der Waals surface area contributed by atoms with E-state index in [1.54, 1.807) is 44.2 Å². The van der Waals surface area contributed by atoms with Crippen LogP contribution in [-0.4, -0.2) is 19.1 Å². The van der Waals surface area contributed by atoms with Gasteiger partial charge in [-0.05, 0) is 43.7 Å². The summed E-state index contributed by atoms with van der Waals surface area (Å²) in [4.78, 5) is 12.4. The van der Waals surface area contributed by atoms with Crippen LogP contribution in [0.15, 0.2) is 48.5 Å². The number of methoxy groups -OCH3 is 1. The number of hydrogen-bond donors (Lipinski definition) is 2. The van der Waals surface area contributed by atoms with Crippen molar-refractivity contribution in [1.82, 2.24) is 5.32 Å². The first-order chi connectivity index (χ1) is 12.2. The van der Waals surface area contributed by atoms with Gasteiger partial charge < -0.3 is 10.1 Å². The van der Waals surface area contributed by atoms with Crippen molar-refractivity contribution in [1.29, 1.82) is 0 Å². The number of rotatable bonds is 6. The number of halogens is 3. The molecular formula is C19H21F3N2O2. The summed E-state index contributed by atoms with van der Waals surface area (Å²) in [5.41, 5.74) is 0.270. The SMILES string of the molecule is COc1ccccc1NC(=O)[C@@H](C)N[C@@H](C)c1cccc(C(F)(F)F)c1. The highest BCUT2D eigenvalue weighted by Gasteiger charge is 2.30. The molecule has 0 heterocycles. The van der Waals surface area contributed by atoms with E-state index in [-0.39, 0.29) is 5.91 Å². The molecule has 0 saturated heterocycles. The molecule has 0 fully saturated rings. The van der Waals surface area contributed by atoms with Crippen molar-refractivity contribution in [3.05, 3.63) is 59.7 Å². The lowest BCUT2D eigenvalue weighted by Gasteiger charge is -2.21. The summed E-state index contributed by atoms with van der Waals surface area (Å²) in [6.07, 6.45) is -4.40. The normalized spacial score (nSPS) is 13.8. The van der Waals surface area contributed by atoms with Gasteiger partial charge in [-0.15, -0.1) is 0 Å². The van der Waals surface area contributed by atoms with Gasteiger partial charge in [0, 0.05) is 6.04 Å². The van der Waals surface area contributed by atoms with Crippen molar-refractivity contribution >= 4 is 11.6 Å². The zero-order valence-corrected chi connectivity index (χ0v) is 14.7. The van der Waals surface area contributed by atoms with Crippen LogP contribution in [0, 0.1) is 0 Å². The molecule has 2 aromatic carbocycles. The fourth-order valence-corrected chi connectivity index (χ4v) is 2.52. The summed E-state index contributed by atoms with van der Waals surface area (Å²) < 4.78 is 43.7. The summed E-state index contributed by atoms with van der Waals surface area (Å²) in [7, 11) is 1.50. The fourth-order valence-electron chi connectivity index (χ4n) is 2.52. The van der Waals surface area contributed by atoms with E-state index in [0.29, 0.717) is 17.0 Å². The van der Waals surface area contributed by atoms with Gasteiger partial charge in [0.25, 0.3) is 0 Å². The molecule has 4 nitrogen and oxygen atoms in total.